The minimum Gasteiger partial charge on any atom is -0.320 e. The fourth-order valence-corrected chi connectivity index (χ4v) is 2.92. The first-order valence-electron chi connectivity index (χ1n) is 4.80. The SMILES string of the molecule is CNCCCS(=O)(=O)c1cc(Cl)ccc1F. The van der Waals surface area contributed by atoms with E-state index in [0.717, 1.165) is 12.1 Å². The number of rotatable bonds is 5. The second kappa shape index (κ2) is 5.61. The maximum Gasteiger partial charge on any atom is 0.181 e. The molecule has 16 heavy (non-hydrogen) atoms. The molecular formula is C10H13ClFNO2S. The maximum atomic E-state index is 13.3. The summed E-state index contributed by atoms with van der Waals surface area (Å²) in [6.45, 7) is 0.571. The second-order valence-corrected chi connectivity index (χ2v) is 5.86. The molecule has 0 amide bonds. The molecule has 0 fully saturated rings. The normalized spacial score (nSPS) is 11.7. The maximum absolute atomic E-state index is 13.3. The average Bonchev–Trinajstić information content (AvgIpc) is 2.22. The molecule has 0 heterocycles. The van der Waals surface area contributed by atoms with E-state index < -0.39 is 15.7 Å². The summed E-state index contributed by atoms with van der Waals surface area (Å²) < 4.78 is 36.8. The quantitative estimate of drug-likeness (QED) is 0.827. The molecule has 0 radical (unpaired) electrons. The first kappa shape index (κ1) is 13.4. The van der Waals surface area contributed by atoms with Crippen LogP contribution in [0.25, 0.3) is 0 Å². The Hall–Kier alpha value is -0.650. The Labute approximate surface area is 99.5 Å². The highest BCUT2D eigenvalue weighted by atomic mass is 35.5. The van der Waals surface area contributed by atoms with Crippen molar-refractivity contribution in [2.45, 2.75) is 11.3 Å². The van der Waals surface area contributed by atoms with Gasteiger partial charge in [0.15, 0.2) is 9.84 Å². The molecule has 1 aromatic rings. The number of halogens is 2. The third-order valence-corrected chi connectivity index (χ3v) is 4.11. The van der Waals surface area contributed by atoms with Gasteiger partial charge in [-0.15, -0.1) is 0 Å². The van der Waals surface area contributed by atoms with Gasteiger partial charge in [-0.25, -0.2) is 12.8 Å². The Morgan fingerprint density at radius 3 is 2.75 bits per heavy atom. The lowest BCUT2D eigenvalue weighted by Gasteiger charge is -2.05. The van der Waals surface area contributed by atoms with Gasteiger partial charge in [-0.2, -0.15) is 0 Å². The lowest BCUT2D eigenvalue weighted by molar-refractivity contribution is 0.564. The van der Waals surface area contributed by atoms with Gasteiger partial charge < -0.3 is 5.32 Å². The molecule has 0 saturated carbocycles. The van der Waals surface area contributed by atoms with E-state index in [1.807, 2.05) is 0 Å². The van der Waals surface area contributed by atoms with E-state index in [4.69, 9.17) is 11.6 Å². The lowest BCUT2D eigenvalue weighted by Crippen LogP contribution is -2.15. The van der Waals surface area contributed by atoms with Crippen LogP contribution in [0.2, 0.25) is 5.02 Å². The number of sulfone groups is 1. The van der Waals surface area contributed by atoms with Crippen LogP contribution in [0.15, 0.2) is 23.1 Å². The highest BCUT2D eigenvalue weighted by Gasteiger charge is 2.18. The molecule has 0 aliphatic carbocycles. The summed E-state index contributed by atoms with van der Waals surface area (Å²) >= 11 is 5.64. The zero-order chi connectivity index (χ0) is 12.2. The van der Waals surface area contributed by atoms with Gasteiger partial charge in [0.2, 0.25) is 0 Å². The van der Waals surface area contributed by atoms with Crippen LogP contribution in [0.3, 0.4) is 0 Å². The van der Waals surface area contributed by atoms with Crippen LogP contribution in [-0.4, -0.2) is 27.8 Å². The summed E-state index contributed by atoms with van der Waals surface area (Å²) in [5.74, 6) is -0.848. The molecule has 1 aromatic carbocycles. The average molecular weight is 266 g/mol. The van der Waals surface area contributed by atoms with Crippen molar-refractivity contribution in [1.29, 1.82) is 0 Å². The standard InChI is InChI=1S/C10H13ClFNO2S/c1-13-5-2-6-16(14,15)10-7-8(11)3-4-9(10)12/h3-4,7,13H,2,5-6H2,1H3. The predicted octanol–water partition coefficient (Wildman–Crippen LogP) is 1.86. The molecule has 0 saturated heterocycles. The molecule has 6 heteroatoms. The highest BCUT2D eigenvalue weighted by molar-refractivity contribution is 7.91. The second-order valence-electron chi connectivity index (χ2n) is 3.35. The van der Waals surface area contributed by atoms with E-state index in [1.165, 1.54) is 6.07 Å². The van der Waals surface area contributed by atoms with Gasteiger partial charge >= 0.3 is 0 Å². The third kappa shape index (κ3) is 3.43. The molecule has 0 aliphatic rings. The molecule has 0 atom stereocenters. The summed E-state index contributed by atoms with van der Waals surface area (Å²) in [7, 11) is -1.86. The largest absolute Gasteiger partial charge is 0.320 e. The fraction of sp³-hybridized carbons (Fsp3) is 0.400. The zero-order valence-corrected chi connectivity index (χ0v) is 10.4. The minimum atomic E-state index is -3.59. The Bertz CT molecular complexity index is 462. The monoisotopic (exact) mass is 265 g/mol. The summed E-state index contributed by atoms with van der Waals surface area (Å²) in [4.78, 5) is -0.323. The molecule has 0 unspecified atom stereocenters. The first-order chi connectivity index (χ1) is 7.47. The number of benzene rings is 1. The van der Waals surface area contributed by atoms with Gasteiger partial charge in [0.05, 0.1) is 5.75 Å². The van der Waals surface area contributed by atoms with Crippen molar-refractivity contribution in [2.75, 3.05) is 19.3 Å². The smallest absolute Gasteiger partial charge is 0.181 e. The van der Waals surface area contributed by atoms with Crippen LogP contribution in [0.5, 0.6) is 0 Å². The fourth-order valence-electron chi connectivity index (χ4n) is 1.26. The highest BCUT2D eigenvalue weighted by Crippen LogP contribution is 2.21. The molecule has 0 bridgehead atoms. The van der Waals surface area contributed by atoms with Gasteiger partial charge in [-0.1, -0.05) is 11.6 Å². The third-order valence-electron chi connectivity index (χ3n) is 2.07. The van der Waals surface area contributed by atoms with Crippen molar-refractivity contribution >= 4 is 21.4 Å². The molecular weight excluding hydrogens is 253 g/mol. The first-order valence-corrected chi connectivity index (χ1v) is 6.83. The van der Waals surface area contributed by atoms with Gasteiger partial charge in [0, 0.05) is 5.02 Å². The Balaban J connectivity index is 2.93. The van der Waals surface area contributed by atoms with Crippen molar-refractivity contribution < 1.29 is 12.8 Å². The van der Waals surface area contributed by atoms with Crippen LogP contribution in [-0.2, 0) is 9.84 Å². The van der Waals surface area contributed by atoms with Gasteiger partial charge in [-0.3, -0.25) is 0 Å². The van der Waals surface area contributed by atoms with Gasteiger partial charge in [0.25, 0.3) is 0 Å². The molecule has 1 rings (SSSR count). The van der Waals surface area contributed by atoms with E-state index in [9.17, 15) is 12.8 Å². The Kier molecular flexibility index (Phi) is 4.70. The topological polar surface area (TPSA) is 46.2 Å². The summed E-state index contributed by atoms with van der Waals surface area (Å²) in [6.07, 6.45) is 0.435. The van der Waals surface area contributed by atoms with E-state index in [1.54, 1.807) is 7.05 Å². The van der Waals surface area contributed by atoms with Crippen molar-refractivity contribution in [3.63, 3.8) is 0 Å². The predicted molar refractivity (Wildman–Crippen MR) is 62.0 cm³/mol. The van der Waals surface area contributed by atoms with Crippen molar-refractivity contribution in [2.24, 2.45) is 0 Å². The summed E-state index contributed by atoms with van der Waals surface area (Å²) in [6, 6.07) is 3.53. The Morgan fingerprint density at radius 1 is 1.44 bits per heavy atom. The van der Waals surface area contributed by atoms with Crippen LogP contribution in [0.4, 0.5) is 4.39 Å². The van der Waals surface area contributed by atoms with E-state index in [2.05, 4.69) is 5.32 Å². The van der Waals surface area contributed by atoms with Crippen LogP contribution >= 0.6 is 11.6 Å². The van der Waals surface area contributed by atoms with Gasteiger partial charge in [0.1, 0.15) is 10.7 Å². The van der Waals surface area contributed by atoms with Crippen LogP contribution in [0, 0.1) is 5.82 Å². The number of hydrogen-bond acceptors (Lipinski definition) is 3. The zero-order valence-electron chi connectivity index (χ0n) is 8.83. The Morgan fingerprint density at radius 2 is 2.12 bits per heavy atom. The van der Waals surface area contributed by atoms with Crippen LogP contribution in [0.1, 0.15) is 6.42 Å². The molecule has 3 nitrogen and oxygen atoms in total. The van der Waals surface area contributed by atoms with Crippen molar-refractivity contribution in [3.8, 4) is 0 Å². The minimum absolute atomic E-state index is 0.0922. The molecule has 0 aliphatic heterocycles. The van der Waals surface area contributed by atoms with Crippen molar-refractivity contribution in [3.05, 3.63) is 29.0 Å². The van der Waals surface area contributed by atoms with Gasteiger partial charge in [-0.05, 0) is 38.2 Å². The molecule has 0 aromatic heterocycles. The number of nitrogens with one attached hydrogen (secondary N) is 1. The molecule has 1 N–H and O–H groups in total. The van der Waals surface area contributed by atoms with Crippen molar-refractivity contribution in [1.82, 2.24) is 5.32 Å². The van der Waals surface area contributed by atoms with E-state index >= 15 is 0 Å². The lowest BCUT2D eigenvalue weighted by atomic mass is 10.3. The van der Waals surface area contributed by atoms with E-state index in [0.29, 0.717) is 13.0 Å². The number of hydrogen-bond donors (Lipinski definition) is 1. The summed E-state index contributed by atoms with van der Waals surface area (Å²) in [5, 5.41) is 3.05. The van der Waals surface area contributed by atoms with E-state index in [-0.39, 0.29) is 15.7 Å². The molecule has 0 spiro atoms. The summed E-state index contributed by atoms with van der Waals surface area (Å²) in [5.41, 5.74) is 0. The van der Waals surface area contributed by atoms with Crippen LogP contribution < -0.4 is 5.32 Å². The molecule has 90 valence electrons.